The summed E-state index contributed by atoms with van der Waals surface area (Å²) >= 11 is 0. The molecule has 0 fully saturated rings. The summed E-state index contributed by atoms with van der Waals surface area (Å²) in [4.78, 5) is 0. The van der Waals surface area contributed by atoms with Crippen molar-refractivity contribution in [1.29, 1.82) is 0 Å². The van der Waals surface area contributed by atoms with Crippen molar-refractivity contribution in [3.63, 3.8) is 0 Å². The van der Waals surface area contributed by atoms with E-state index in [9.17, 15) is 123 Å². The molecule has 0 bridgehead atoms. The number of hydrogen-bond donors (Lipinski definition) is 1. The molecular weight excluding hydrogens is 716 g/mol. The number of halogens is 28. The molecule has 43 heavy (non-hydrogen) atoms. The summed E-state index contributed by atoms with van der Waals surface area (Å²) in [5.41, 5.74) is 0. The van der Waals surface area contributed by atoms with E-state index in [4.69, 9.17) is 5.11 Å². The van der Waals surface area contributed by atoms with Crippen molar-refractivity contribution >= 4 is 0 Å². The number of alkyl halides is 28. The molecule has 0 amide bonds. The Labute approximate surface area is 213 Å². The minimum atomic E-state index is -9.63. The Kier molecular flexibility index (Phi) is 9.30. The van der Waals surface area contributed by atoms with Crippen LogP contribution in [0.4, 0.5) is 123 Å². The largest absolute Gasteiger partial charge is 0.460 e. The maximum atomic E-state index is 13.5. The highest BCUT2D eigenvalue weighted by Gasteiger charge is 2.97. The standard InChI is InChI=1S/C14H2F28O/c15-1(3(18,19)5(22,23)7(26,27)12(36,37)14(41,42)43)2(16,17)4(20,21)6(24,25)8(28,29)9(30,31)10(32,33)11(34,35)13(38,39)40/h1,43H. The Morgan fingerprint density at radius 1 is 0.279 bits per heavy atom. The average Bonchev–Trinajstić information content (AvgIpc) is 2.75. The lowest BCUT2D eigenvalue weighted by Gasteiger charge is -2.44. The van der Waals surface area contributed by atoms with Crippen molar-refractivity contribution in [3.8, 4) is 0 Å². The molecule has 0 saturated heterocycles. The molecule has 29 heteroatoms. The molecule has 1 N–H and O–H groups in total. The first-order valence-electron chi connectivity index (χ1n) is 8.87. The maximum absolute atomic E-state index is 13.5. The molecule has 1 nitrogen and oxygen atoms in total. The van der Waals surface area contributed by atoms with Gasteiger partial charge in [-0.1, -0.05) is 0 Å². The predicted octanol–water partition coefficient (Wildman–Crippen LogP) is 8.46. The monoisotopic (exact) mass is 718 g/mol. The van der Waals surface area contributed by atoms with E-state index in [0.29, 0.717) is 0 Å². The summed E-state index contributed by atoms with van der Waals surface area (Å²) < 4.78 is 365. The van der Waals surface area contributed by atoms with Crippen LogP contribution in [0.1, 0.15) is 0 Å². The molecule has 1 unspecified atom stereocenters. The van der Waals surface area contributed by atoms with E-state index in [1.54, 1.807) is 0 Å². The van der Waals surface area contributed by atoms with Crippen LogP contribution in [0.5, 0.6) is 0 Å². The lowest BCUT2D eigenvalue weighted by molar-refractivity contribution is -0.470. The Balaban J connectivity index is 7.28. The molecule has 0 rings (SSSR count). The van der Waals surface area contributed by atoms with Gasteiger partial charge in [-0.25, -0.2) is 4.39 Å². The minimum Gasteiger partial charge on any atom is -0.331 e. The molecule has 0 saturated carbocycles. The average molecular weight is 718 g/mol. The summed E-state index contributed by atoms with van der Waals surface area (Å²) in [6.07, 6.45) is -23.8. The van der Waals surface area contributed by atoms with Gasteiger partial charge in [0, 0.05) is 0 Å². The SMILES string of the molecule is OC(F)(F)C(F)(F)C(F)(F)C(F)(F)C(F)(F)C(F)C(F)(F)C(F)(F)C(F)(F)C(F)(F)C(F)(F)C(F)(F)C(F)(F)C(F)(F)F. The van der Waals surface area contributed by atoms with Gasteiger partial charge in [0.05, 0.1) is 0 Å². The van der Waals surface area contributed by atoms with Crippen molar-refractivity contribution in [2.45, 2.75) is 83.6 Å². The van der Waals surface area contributed by atoms with Gasteiger partial charge in [0.1, 0.15) is 0 Å². The summed E-state index contributed by atoms with van der Waals surface area (Å²) in [5, 5.41) is 7.44. The van der Waals surface area contributed by atoms with Crippen LogP contribution >= 0.6 is 0 Å². The molecule has 0 spiro atoms. The quantitative estimate of drug-likeness (QED) is 0.201. The van der Waals surface area contributed by atoms with Crippen LogP contribution < -0.4 is 0 Å². The first-order chi connectivity index (χ1) is 17.9. The van der Waals surface area contributed by atoms with Gasteiger partial charge in [0.25, 0.3) is 0 Å². The Bertz CT molecular complexity index is 1010. The first kappa shape index (κ1) is 41.0. The van der Waals surface area contributed by atoms with E-state index in [-0.39, 0.29) is 0 Å². The summed E-state index contributed by atoms with van der Waals surface area (Å²) in [7, 11) is 0. The van der Waals surface area contributed by atoms with Gasteiger partial charge in [0.15, 0.2) is 0 Å². The highest BCUT2D eigenvalue weighted by atomic mass is 19.4. The van der Waals surface area contributed by atoms with Gasteiger partial charge < -0.3 is 5.11 Å². The van der Waals surface area contributed by atoms with Gasteiger partial charge in [-0.05, 0) is 0 Å². The molecule has 0 aromatic heterocycles. The van der Waals surface area contributed by atoms with Crippen molar-refractivity contribution in [2.24, 2.45) is 0 Å². The zero-order chi connectivity index (χ0) is 36.1. The van der Waals surface area contributed by atoms with Crippen molar-refractivity contribution < 1.29 is 128 Å². The summed E-state index contributed by atoms with van der Waals surface area (Å²) in [6, 6.07) is 0. The molecule has 0 aliphatic carbocycles. The molecule has 1 atom stereocenters. The lowest BCUT2D eigenvalue weighted by atomic mass is 9.85. The zero-order valence-corrected chi connectivity index (χ0v) is 18.1. The molecule has 0 aromatic rings. The van der Waals surface area contributed by atoms with E-state index in [2.05, 4.69) is 0 Å². The normalized spacial score (nSPS) is 17.8. The molecule has 0 aliphatic rings. The van der Waals surface area contributed by atoms with Gasteiger partial charge >= 0.3 is 77.4 Å². The van der Waals surface area contributed by atoms with E-state index in [1.807, 2.05) is 0 Å². The van der Waals surface area contributed by atoms with Crippen LogP contribution in [-0.4, -0.2) is 88.7 Å². The molecule has 0 aliphatic heterocycles. The maximum Gasteiger partial charge on any atom is 0.460 e. The molecule has 0 radical (unpaired) electrons. The second-order valence-corrected chi connectivity index (χ2v) is 7.82. The third-order valence-corrected chi connectivity index (χ3v) is 4.97. The fourth-order valence-corrected chi connectivity index (χ4v) is 2.32. The highest BCUT2D eigenvalue weighted by Crippen LogP contribution is 2.66. The molecular formula is C14H2F28O. The Hall–Kier alpha value is -2.00. The van der Waals surface area contributed by atoms with Crippen LogP contribution in [0.25, 0.3) is 0 Å². The van der Waals surface area contributed by atoms with Gasteiger partial charge in [-0.2, -0.15) is 119 Å². The fraction of sp³-hybridized carbons (Fsp3) is 1.00. The van der Waals surface area contributed by atoms with Gasteiger partial charge in [0.2, 0.25) is 6.17 Å². The van der Waals surface area contributed by atoms with E-state index in [1.165, 1.54) is 0 Å². The number of hydrogen-bond acceptors (Lipinski definition) is 1. The second-order valence-electron chi connectivity index (χ2n) is 7.82. The van der Waals surface area contributed by atoms with E-state index in [0.717, 1.165) is 0 Å². The number of aliphatic hydroxyl groups is 1. The van der Waals surface area contributed by atoms with Crippen molar-refractivity contribution in [2.75, 3.05) is 0 Å². The molecule has 0 aromatic carbocycles. The summed E-state index contributed by atoms with van der Waals surface area (Å²) in [6.45, 7) is 0. The Morgan fingerprint density at radius 3 is 0.674 bits per heavy atom. The van der Waals surface area contributed by atoms with Crippen LogP contribution in [0.3, 0.4) is 0 Å². The predicted molar refractivity (Wildman–Crippen MR) is 72.5 cm³/mol. The van der Waals surface area contributed by atoms with Gasteiger partial charge in [-0.3, -0.25) is 0 Å². The molecule has 0 heterocycles. The fourth-order valence-electron chi connectivity index (χ4n) is 2.32. The van der Waals surface area contributed by atoms with Crippen LogP contribution in [-0.2, 0) is 0 Å². The third-order valence-electron chi connectivity index (χ3n) is 4.97. The minimum absolute atomic E-state index is 7.44. The van der Waals surface area contributed by atoms with Crippen LogP contribution in [0, 0.1) is 0 Å². The topological polar surface area (TPSA) is 20.2 Å². The van der Waals surface area contributed by atoms with E-state index >= 15 is 0 Å². The van der Waals surface area contributed by atoms with Crippen molar-refractivity contribution in [1.82, 2.24) is 0 Å². The zero-order valence-electron chi connectivity index (χ0n) is 18.1. The van der Waals surface area contributed by atoms with Crippen LogP contribution in [0.15, 0.2) is 0 Å². The Morgan fingerprint density at radius 2 is 0.465 bits per heavy atom. The smallest absolute Gasteiger partial charge is 0.331 e. The first-order valence-corrected chi connectivity index (χ1v) is 8.87. The van der Waals surface area contributed by atoms with Crippen molar-refractivity contribution in [3.05, 3.63) is 0 Å². The highest BCUT2D eigenvalue weighted by molar-refractivity contribution is 5.18. The lowest BCUT2D eigenvalue weighted by Crippen LogP contribution is -2.77. The molecule has 260 valence electrons. The van der Waals surface area contributed by atoms with Gasteiger partial charge in [-0.15, -0.1) is 0 Å². The second kappa shape index (κ2) is 9.75. The number of rotatable bonds is 12. The summed E-state index contributed by atoms with van der Waals surface area (Å²) in [5.74, 6) is -101. The third kappa shape index (κ3) is 4.86. The van der Waals surface area contributed by atoms with E-state index < -0.39 is 83.6 Å². The van der Waals surface area contributed by atoms with Crippen LogP contribution in [0.2, 0.25) is 0 Å².